The molecule has 106 valence electrons. The molecule has 2 rings (SSSR count). The molecule has 1 saturated heterocycles. The van der Waals surface area contributed by atoms with Gasteiger partial charge in [-0.3, -0.25) is 0 Å². The van der Waals surface area contributed by atoms with Crippen LogP contribution in [-0.4, -0.2) is 64.1 Å². The lowest BCUT2D eigenvalue weighted by Crippen LogP contribution is -2.52. The summed E-state index contributed by atoms with van der Waals surface area (Å²) in [4.78, 5) is 0. The van der Waals surface area contributed by atoms with Gasteiger partial charge in [-0.1, -0.05) is 0 Å². The zero-order chi connectivity index (χ0) is 13.6. The molecule has 0 unspecified atom stereocenters. The third-order valence-electron chi connectivity index (χ3n) is 3.53. The Balaban J connectivity index is 1.83. The van der Waals surface area contributed by atoms with E-state index in [2.05, 4.69) is 0 Å². The zero-order valence-corrected chi connectivity index (χ0v) is 12.4. The van der Waals surface area contributed by atoms with Crippen molar-refractivity contribution in [3.8, 4) is 0 Å². The molecule has 1 saturated carbocycles. The van der Waals surface area contributed by atoms with Gasteiger partial charge in [-0.25, -0.2) is 25.4 Å². The minimum Gasteiger partial charge on any atom is -0.213 e. The van der Waals surface area contributed by atoms with E-state index in [9.17, 15) is 16.8 Å². The van der Waals surface area contributed by atoms with Gasteiger partial charge < -0.3 is 0 Å². The van der Waals surface area contributed by atoms with Crippen LogP contribution in [0.25, 0.3) is 0 Å². The van der Waals surface area contributed by atoms with Gasteiger partial charge in [-0.15, -0.1) is 0 Å². The van der Waals surface area contributed by atoms with Crippen LogP contribution < -0.4 is 0 Å². The monoisotopic (exact) mass is 296 g/mol. The van der Waals surface area contributed by atoms with Crippen molar-refractivity contribution in [1.29, 1.82) is 0 Å². The van der Waals surface area contributed by atoms with Crippen molar-refractivity contribution in [2.24, 2.45) is 11.8 Å². The minimum absolute atomic E-state index is 0.0578. The molecule has 0 bridgehead atoms. The van der Waals surface area contributed by atoms with E-state index in [-0.39, 0.29) is 11.7 Å². The van der Waals surface area contributed by atoms with Gasteiger partial charge in [-0.2, -0.15) is 0 Å². The van der Waals surface area contributed by atoms with Crippen molar-refractivity contribution in [2.75, 3.05) is 38.7 Å². The van der Waals surface area contributed by atoms with Gasteiger partial charge in [0.05, 0.1) is 12.0 Å². The second kappa shape index (κ2) is 4.73. The smallest absolute Gasteiger partial charge is 0.213 e. The van der Waals surface area contributed by atoms with Gasteiger partial charge in [0.25, 0.3) is 0 Å². The Bertz CT molecular complexity index is 504. The molecule has 0 radical (unpaired) electrons. The van der Waals surface area contributed by atoms with E-state index >= 15 is 0 Å². The molecule has 0 N–H and O–H groups in total. The first-order valence-corrected chi connectivity index (χ1v) is 9.53. The van der Waals surface area contributed by atoms with Crippen molar-refractivity contribution in [2.45, 2.75) is 12.8 Å². The quantitative estimate of drug-likeness (QED) is 0.665. The fraction of sp³-hybridized carbons (Fsp3) is 1.00. The van der Waals surface area contributed by atoms with Crippen LogP contribution in [0.5, 0.6) is 0 Å². The maximum absolute atomic E-state index is 12.0. The van der Waals surface area contributed by atoms with Crippen molar-refractivity contribution >= 4 is 20.0 Å². The molecule has 0 aromatic rings. The van der Waals surface area contributed by atoms with Crippen LogP contribution in [0.3, 0.4) is 0 Å². The van der Waals surface area contributed by atoms with Gasteiger partial charge in [0.2, 0.25) is 20.0 Å². The van der Waals surface area contributed by atoms with Crippen LogP contribution in [0, 0.1) is 11.8 Å². The van der Waals surface area contributed by atoms with Gasteiger partial charge in [-0.05, 0) is 18.8 Å². The molecule has 0 atom stereocenters. The second-order valence-electron chi connectivity index (χ2n) is 5.45. The number of sulfonamides is 2. The molecular weight excluding hydrogens is 276 g/mol. The van der Waals surface area contributed by atoms with Gasteiger partial charge >= 0.3 is 0 Å². The number of rotatable bonds is 6. The summed E-state index contributed by atoms with van der Waals surface area (Å²) >= 11 is 0. The van der Waals surface area contributed by atoms with Crippen molar-refractivity contribution in [3.05, 3.63) is 0 Å². The highest BCUT2D eigenvalue weighted by molar-refractivity contribution is 7.89. The minimum atomic E-state index is -3.23. The fourth-order valence-electron chi connectivity index (χ4n) is 2.10. The summed E-state index contributed by atoms with van der Waals surface area (Å²) in [6.07, 6.45) is 3.38. The second-order valence-corrected chi connectivity index (χ2v) is 9.55. The largest absolute Gasteiger partial charge is 0.214 e. The topological polar surface area (TPSA) is 74.8 Å². The summed E-state index contributed by atoms with van der Waals surface area (Å²) in [7, 11) is -4.78. The normalized spacial score (nSPS) is 23.3. The molecule has 0 spiro atoms. The van der Waals surface area contributed by atoms with Crippen LogP contribution in [0.15, 0.2) is 0 Å². The Morgan fingerprint density at radius 1 is 1.11 bits per heavy atom. The zero-order valence-electron chi connectivity index (χ0n) is 10.7. The molecule has 1 aliphatic carbocycles. The summed E-state index contributed by atoms with van der Waals surface area (Å²) in [5, 5.41) is 0. The van der Waals surface area contributed by atoms with Crippen LogP contribution in [-0.2, 0) is 20.0 Å². The summed E-state index contributed by atoms with van der Waals surface area (Å²) in [6, 6.07) is 0. The Hall–Kier alpha value is -0.180. The van der Waals surface area contributed by atoms with E-state index in [0.717, 1.165) is 19.1 Å². The van der Waals surface area contributed by atoms with E-state index < -0.39 is 20.0 Å². The number of hydrogen-bond donors (Lipinski definition) is 0. The summed E-state index contributed by atoms with van der Waals surface area (Å²) in [5.74, 6) is 0.521. The fourth-order valence-corrected chi connectivity index (χ4v) is 4.56. The molecule has 1 heterocycles. The summed E-state index contributed by atoms with van der Waals surface area (Å²) in [5.41, 5.74) is 0. The highest BCUT2D eigenvalue weighted by Crippen LogP contribution is 2.30. The molecule has 0 aromatic heterocycles. The predicted molar refractivity (Wildman–Crippen MR) is 69.0 cm³/mol. The van der Waals surface area contributed by atoms with Gasteiger partial charge in [0, 0.05) is 32.6 Å². The van der Waals surface area contributed by atoms with Crippen LogP contribution in [0.1, 0.15) is 12.8 Å². The molecule has 0 amide bonds. The maximum atomic E-state index is 12.0. The average molecular weight is 296 g/mol. The highest BCUT2D eigenvalue weighted by Gasteiger charge is 2.37. The predicted octanol–water partition coefficient (Wildman–Crippen LogP) is -0.451. The summed E-state index contributed by atoms with van der Waals surface area (Å²) in [6.45, 7) is 1.26. The lowest BCUT2D eigenvalue weighted by atomic mass is 10.1. The third kappa shape index (κ3) is 3.43. The van der Waals surface area contributed by atoms with Crippen molar-refractivity contribution < 1.29 is 16.8 Å². The van der Waals surface area contributed by atoms with Crippen molar-refractivity contribution in [3.63, 3.8) is 0 Å². The first-order chi connectivity index (χ1) is 8.18. The van der Waals surface area contributed by atoms with E-state index in [1.807, 2.05) is 0 Å². The molecule has 2 fully saturated rings. The Labute approximate surface area is 109 Å². The Morgan fingerprint density at radius 2 is 1.67 bits per heavy atom. The molecule has 1 aliphatic heterocycles. The summed E-state index contributed by atoms with van der Waals surface area (Å²) < 4.78 is 49.1. The van der Waals surface area contributed by atoms with Gasteiger partial charge in [0.15, 0.2) is 0 Å². The lowest BCUT2D eigenvalue weighted by Gasteiger charge is -2.37. The standard InChI is InChI=1S/C10H20N2O4S2/c1-11(5-9-3-4-9)18(15,16)8-10-6-12(7-10)17(2,13)14/h9-10H,3-8H2,1-2H3. The van der Waals surface area contributed by atoms with E-state index in [1.165, 1.54) is 8.61 Å². The molecular formula is C10H20N2O4S2. The Kier molecular flexibility index (Phi) is 3.74. The maximum Gasteiger partial charge on any atom is 0.214 e. The van der Waals surface area contributed by atoms with E-state index in [0.29, 0.717) is 25.6 Å². The first-order valence-electron chi connectivity index (χ1n) is 6.07. The average Bonchev–Trinajstić information content (AvgIpc) is 2.92. The molecule has 2 aliphatic rings. The van der Waals surface area contributed by atoms with Crippen LogP contribution in [0.2, 0.25) is 0 Å². The SMILES string of the molecule is CN(CC1CC1)S(=O)(=O)CC1CN(S(C)(=O)=O)C1. The van der Waals surface area contributed by atoms with Gasteiger partial charge in [0.1, 0.15) is 0 Å². The number of hydrogen-bond acceptors (Lipinski definition) is 4. The third-order valence-corrected chi connectivity index (χ3v) is 6.75. The molecule has 18 heavy (non-hydrogen) atoms. The lowest BCUT2D eigenvalue weighted by molar-refractivity contribution is 0.219. The number of nitrogens with zero attached hydrogens (tertiary/aromatic N) is 2. The Morgan fingerprint density at radius 3 is 2.11 bits per heavy atom. The molecule has 6 nitrogen and oxygen atoms in total. The van der Waals surface area contributed by atoms with E-state index in [4.69, 9.17) is 0 Å². The van der Waals surface area contributed by atoms with Crippen LogP contribution >= 0.6 is 0 Å². The van der Waals surface area contributed by atoms with E-state index in [1.54, 1.807) is 7.05 Å². The van der Waals surface area contributed by atoms with Crippen LogP contribution in [0.4, 0.5) is 0 Å². The van der Waals surface area contributed by atoms with Crippen molar-refractivity contribution in [1.82, 2.24) is 8.61 Å². The molecule has 0 aromatic carbocycles. The highest BCUT2D eigenvalue weighted by atomic mass is 32.2. The first kappa shape index (κ1) is 14.2. The molecule has 8 heteroatoms.